The molecule has 1 heterocycles. The topological polar surface area (TPSA) is 43.8 Å². The van der Waals surface area contributed by atoms with E-state index in [0.717, 1.165) is 5.82 Å². The Bertz CT molecular complexity index is 583. The van der Waals surface area contributed by atoms with Crippen LogP contribution < -0.4 is 5.73 Å². The number of hydrogen-bond donors (Lipinski definition) is 1. The zero-order valence-corrected chi connectivity index (χ0v) is 12.1. The van der Waals surface area contributed by atoms with Crippen LogP contribution in [0.2, 0.25) is 5.02 Å². The summed E-state index contributed by atoms with van der Waals surface area (Å²) < 4.78 is 16.4. The lowest BCUT2D eigenvalue weighted by molar-refractivity contribution is 0.630. The quantitative estimate of drug-likeness (QED) is 0.938. The van der Waals surface area contributed by atoms with Gasteiger partial charge in [-0.2, -0.15) is 0 Å². The van der Waals surface area contributed by atoms with Gasteiger partial charge in [0.1, 0.15) is 21.9 Å². The molecule has 0 saturated carbocycles. The Labute approximate surface area is 118 Å². The number of aromatic nitrogens is 2. The van der Waals surface area contributed by atoms with Gasteiger partial charge in [-0.1, -0.05) is 11.6 Å². The van der Waals surface area contributed by atoms with Crippen LogP contribution in [0.5, 0.6) is 0 Å². The predicted octanol–water partition coefficient (Wildman–Crippen LogP) is 3.14. The van der Waals surface area contributed by atoms with Crippen molar-refractivity contribution in [2.45, 2.75) is 6.42 Å². The summed E-state index contributed by atoms with van der Waals surface area (Å²) in [7, 11) is 1.86. The van der Waals surface area contributed by atoms with E-state index in [4.69, 9.17) is 17.3 Å². The molecule has 1 aromatic carbocycles. The van der Waals surface area contributed by atoms with Crippen LogP contribution in [0.3, 0.4) is 0 Å². The molecule has 0 amide bonds. The molecule has 0 unspecified atom stereocenters. The molecule has 2 rings (SSSR count). The predicted molar refractivity (Wildman–Crippen MR) is 74.1 cm³/mol. The summed E-state index contributed by atoms with van der Waals surface area (Å²) in [6, 6.07) is 4.41. The molecule has 2 N–H and O–H groups in total. The van der Waals surface area contributed by atoms with Gasteiger partial charge in [0, 0.05) is 24.1 Å². The van der Waals surface area contributed by atoms with E-state index in [9.17, 15) is 4.39 Å². The molecule has 3 nitrogen and oxygen atoms in total. The number of benzene rings is 1. The minimum atomic E-state index is -0.350. The zero-order valence-electron chi connectivity index (χ0n) is 9.75. The average Bonchev–Trinajstić information content (AvgIpc) is 2.61. The number of rotatable bonds is 3. The lowest BCUT2D eigenvalue weighted by Gasteiger charge is -2.02. The van der Waals surface area contributed by atoms with Crippen molar-refractivity contribution in [1.29, 1.82) is 0 Å². The van der Waals surface area contributed by atoms with E-state index in [-0.39, 0.29) is 5.82 Å². The summed E-state index contributed by atoms with van der Waals surface area (Å²) in [4.78, 5) is 4.41. The lowest BCUT2D eigenvalue weighted by atomic mass is 10.1. The molecular weight excluding hydrogens is 321 g/mol. The van der Waals surface area contributed by atoms with Gasteiger partial charge in [0.25, 0.3) is 0 Å². The number of imidazole rings is 1. The van der Waals surface area contributed by atoms with Gasteiger partial charge in [0.2, 0.25) is 0 Å². The molecule has 2 aromatic rings. The molecule has 0 aliphatic heterocycles. The number of hydrogen-bond acceptors (Lipinski definition) is 2. The normalized spacial score (nSPS) is 10.9. The fraction of sp³-hybridized carbons (Fsp3) is 0.250. The van der Waals surface area contributed by atoms with Gasteiger partial charge in [-0.3, -0.25) is 0 Å². The van der Waals surface area contributed by atoms with Gasteiger partial charge >= 0.3 is 0 Å². The Hall–Kier alpha value is -0.910. The highest BCUT2D eigenvalue weighted by molar-refractivity contribution is 9.10. The van der Waals surface area contributed by atoms with Crippen LogP contribution in [0.15, 0.2) is 22.8 Å². The van der Waals surface area contributed by atoms with Crippen LogP contribution in [0.25, 0.3) is 11.3 Å². The third kappa shape index (κ3) is 2.43. The molecule has 1 aromatic heterocycles. The Balaban J connectivity index is 2.57. The standard InChI is InChI=1S/C12H12BrClFN3/c1-18-10(4-5-16)17-11(12(18)13)8-6-7(14)2-3-9(8)15/h2-3,6H,4-5,16H2,1H3. The molecule has 0 bridgehead atoms. The van der Waals surface area contributed by atoms with Crippen molar-refractivity contribution in [2.75, 3.05) is 6.54 Å². The molecule has 0 radical (unpaired) electrons. The maximum Gasteiger partial charge on any atom is 0.132 e. The largest absolute Gasteiger partial charge is 0.330 e. The maximum absolute atomic E-state index is 13.8. The van der Waals surface area contributed by atoms with E-state index < -0.39 is 0 Å². The van der Waals surface area contributed by atoms with E-state index >= 15 is 0 Å². The van der Waals surface area contributed by atoms with E-state index in [1.54, 1.807) is 6.07 Å². The van der Waals surface area contributed by atoms with Crippen molar-refractivity contribution < 1.29 is 4.39 Å². The maximum atomic E-state index is 13.8. The average molecular weight is 333 g/mol. The highest BCUT2D eigenvalue weighted by atomic mass is 79.9. The smallest absolute Gasteiger partial charge is 0.132 e. The first-order chi connectivity index (χ1) is 8.54. The van der Waals surface area contributed by atoms with E-state index in [0.29, 0.717) is 33.8 Å². The second kappa shape index (κ2) is 5.38. The van der Waals surface area contributed by atoms with Crippen molar-refractivity contribution >= 4 is 27.5 Å². The highest BCUT2D eigenvalue weighted by Gasteiger charge is 2.17. The fourth-order valence-electron chi connectivity index (χ4n) is 1.73. The Morgan fingerprint density at radius 1 is 1.50 bits per heavy atom. The van der Waals surface area contributed by atoms with E-state index in [1.807, 2.05) is 11.6 Å². The van der Waals surface area contributed by atoms with Gasteiger partial charge < -0.3 is 10.3 Å². The van der Waals surface area contributed by atoms with Crippen molar-refractivity contribution in [3.63, 3.8) is 0 Å². The summed E-state index contributed by atoms with van der Waals surface area (Å²) in [6.45, 7) is 0.495. The Morgan fingerprint density at radius 2 is 2.22 bits per heavy atom. The molecule has 0 spiro atoms. The van der Waals surface area contributed by atoms with Crippen molar-refractivity contribution in [1.82, 2.24) is 9.55 Å². The highest BCUT2D eigenvalue weighted by Crippen LogP contribution is 2.31. The van der Waals surface area contributed by atoms with Gasteiger partial charge in [-0.05, 0) is 40.7 Å². The lowest BCUT2D eigenvalue weighted by Crippen LogP contribution is -2.07. The Morgan fingerprint density at radius 3 is 2.89 bits per heavy atom. The zero-order chi connectivity index (χ0) is 13.3. The van der Waals surface area contributed by atoms with Crippen LogP contribution >= 0.6 is 27.5 Å². The number of halogens is 3. The first kappa shape index (κ1) is 13.5. The third-order valence-electron chi connectivity index (χ3n) is 2.67. The first-order valence-electron chi connectivity index (χ1n) is 5.41. The number of nitrogens with zero attached hydrogens (tertiary/aromatic N) is 2. The van der Waals surface area contributed by atoms with Gasteiger partial charge in [0.15, 0.2) is 0 Å². The SMILES string of the molecule is Cn1c(CCN)nc(-c2cc(Cl)ccc2F)c1Br. The van der Waals surface area contributed by atoms with Crippen LogP contribution in [-0.2, 0) is 13.5 Å². The molecule has 0 atom stereocenters. The van der Waals surface area contributed by atoms with Crippen molar-refractivity contribution in [3.05, 3.63) is 39.5 Å². The summed E-state index contributed by atoms with van der Waals surface area (Å²) in [5.41, 5.74) is 6.44. The third-order valence-corrected chi connectivity index (χ3v) is 3.81. The summed E-state index contributed by atoms with van der Waals surface area (Å²) >= 11 is 9.31. The monoisotopic (exact) mass is 331 g/mol. The molecule has 6 heteroatoms. The van der Waals surface area contributed by atoms with Crippen LogP contribution in [-0.4, -0.2) is 16.1 Å². The minimum Gasteiger partial charge on any atom is -0.330 e. The fourth-order valence-corrected chi connectivity index (χ4v) is 2.40. The molecule has 0 aliphatic rings. The van der Waals surface area contributed by atoms with E-state index in [1.165, 1.54) is 12.1 Å². The van der Waals surface area contributed by atoms with Gasteiger partial charge in [-0.25, -0.2) is 9.37 Å². The van der Waals surface area contributed by atoms with Crippen LogP contribution in [0.4, 0.5) is 4.39 Å². The first-order valence-corrected chi connectivity index (χ1v) is 6.58. The molecule has 18 heavy (non-hydrogen) atoms. The van der Waals surface area contributed by atoms with Crippen molar-refractivity contribution in [3.8, 4) is 11.3 Å². The molecule has 0 saturated heterocycles. The van der Waals surface area contributed by atoms with Gasteiger partial charge in [0.05, 0.1) is 0 Å². The number of nitrogens with two attached hydrogens (primary N) is 1. The van der Waals surface area contributed by atoms with Crippen LogP contribution in [0, 0.1) is 5.82 Å². The van der Waals surface area contributed by atoms with E-state index in [2.05, 4.69) is 20.9 Å². The second-order valence-corrected chi connectivity index (χ2v) is 5.08. The summed E-state index contributed by atoms with van der Waals surface area (Å²) in [5, 5.41) is 0.476. The minimum absolute atomic E-state index is 0.350. The molecule has 0 aliphatic carbocycles. The molecule has 96 valence electrons. The van der Waals surface area contributed by atoms with Gasteiger partial charge in [-0.15, -0.1) is 0 Å². The van der Waals surface area contributed by atoms with Crippen molar-refractivity contribution in [2.24, 2.45) is 12.8 Å². The molecular formula is C12H12BrClFN3. The second-order valence-electron chi connectivity index (χ2n) is 3.89. The summed E-state index contributed by atoms with van der Waals surface area (Å²) in [5.74, 6) is 0.455. The molecule has 0 fully saturated rings. The summed E-state index contributed by atoms with van der Waals surface area (Å²) in [6.07, 6.45) is 0.636. The van der Waals surface area contributed by atoms with Crippen LogP contribution in [0.1, 0.15) is 5.82 Å². The Kier molecular flexibility index (Phi) is 4.04.